The Kier molecular flexibility index (Phi) is 3.22. The number of hydrogen-bond acceptors (Lipinski definition) is 3. The van der Waals surface area contributed by atoms with Crippen LogP contribution in [-0.2, 0) is 16.0 Å². The molecule has 1 aromatic carbocycles. The summed E-state index contributed by atoms with van der Waals surface area (Å²) in [5, 5.41) is 12.4. The standard InChI is InChI=1S/C15H18N2O3/c1-9(18)17-6-5-12-11(3-2-4-14(12)17)13-7-10(8-16-13)15(19)20/h2-4,10,13,16H,5-8H2,1H3,(H,19,20). The van der Waals surface area contributed by atoms with Crippen LogP contribution in [0.1, 0.15) is 30.5 Å². The highest BCUT2D eigenvalue weighted by atomic mass is 16.4. The Morgan fingerprint density at radius 3 is 2.85 bits per heavy atom. The SMILES string of the molecule is CC(=O)N1CCc2c(C3CC(C(=O)O)CN3)cccc21. The number of carboxylic acids is 1. The van der Waals surface area contributed by atoms with Gasteiger partial charge in [0.25, 0.3) is 0 Å². The lowest BCUT2D eigenvalue weighted by Crippen LogP contribution is -2.25. The van der Waals surface area contributed by atoms with Crippen molar-refractivity contribution in [2.24, 2.45) is 5.92 Å². The molecule has 1 saturated heterocycles. The summed E-state index contributed by atoms with van der Waals surface area (Å²) in [6, 6.07) is 6.05. The van der Waals surface area contributed by atoms with Gasteiger partial charge in [0.1, 0.15) is 0 Å². The number of carbonyl (C=O) groups is 2. The van der Waals surface area contributed by atoms with Gasteiger partial charge in [-0.25, -0.2) is 0 Å². The fraction of sp³-hybridized carbons (Fsp3) is 0.467. The van der Waals surface area contributed by atoms with E-state index < -0.39 is 5.97 Å². The number of hydrogen-bond donors (Lipinski definition) is 2. The molecular weight excluding hydrogens is 256 g/mol. The topological polar surface area (TPSA) is 69.6 Å². The molecule has 0 saturated carbocycles. The number of carboxylic acid groups (broad SMARTS) is 1. The zero-order chi connectivity index (χ0) is 14.3. The number of fused-ring (bicyclic) bond motifs is 1. The van der Waals surface area contributed by atoms with Crippen LogP contribution >= 0.6 is 0 Å². The lowest BCUT2D eigenvalue weighted by Gasteiger charge is -2.18. The van der Waals surface area contributed by atoms with Gasteiger partial charge in [0.15, 0.2) is 0 Å². The first-order valence-electron chi connectivity index (χ1n) is 6.94. The largest absolute Gasteiger partial charge is 0.481 e. The third-order valence-corrected chi connectivity index (χ3v) is 4.30. The maximum absolute atomic E-state index is 11.6. The summed E-state index contributed by atoms with van der Waals surface area (Å²) in [6.45, 7) is 2.81. The zero-order valence-electron chi connectivity index (χ0n) is 11.4. The van der Waals surface area contributed by atoms with Crippen LogP contribution in [0, 0.1) is 5.92 Å². The molecule has 2 aliphatic heterocycles. The van der Waals surface area contributed by atoms with Crippen molar-refractivity contribution in [1.82, 2.24) is 5.32 Å². The van der Waals surface area contributed by atoms with Gasteiger partial charge in [0.05, 0.1) is 5.92 Å². The molecule has 2 N–H and O–H groups in total. The Labute approximate surface area is 117 Å². The molecule has 0 radical (unpaired) electrons. The molecule has 2 atom stereocenters. The molecule has 0 spiro atoms. The van der Waals surface area contributed by atoms with Gasteiger partial charge in [-0.3, -0.25) is 9.59 Å². The van der Waals surface area contributed by atoms with Gasteiger partial charge < -0.3 is 15.3 Å². The lowest BCUT2D eigenvalue weighted by atomic mass is 9.95. The Balaban J connectivity index is 1.90. The van der Waals surface area contributed by atoms with E-state index in [1.165, 1.54) is 5.56 Å². The first-order chi connectivity index (χ1) is 9.58. The molecule has 1 amide bonds. The van der Waals surface area contributed by atoms with Crippen LogP contribution in [-0.4, -0.2) is 30.1 Å². The predicted octanol–water partition coefficient (Wildman–Crippen LogP) is 1.33. The van der Waals surface area contributed by atoms with Gasteiger partial charge in [0, 0.05) is 31.7 Å². The van der Waals surface area contributed by atoms with Crippen molar-refractivity contribution in [3.63, 3.8) is 0 Å². The van der Waals surface area contributed by atoms with Crippen LogP contribution < -0.4 is 10.2 Å². The average Bonchev–Trinajstić information content (AvgIpc) is 3.05. The Bertz CT molecular complexity index is 570. The van der Waals surface area contributed by atoms with Crippen molar-refractivity contribution in [1.29, 1.82) is 0 Å². The fourth-order valence-electron chi connectivity index (χ4n) is 3.28. The molecule has 0 aromatic heterocycles. The highest BCUT2D eigenvalue weighted by molar-refractivity contribution is 5.94. The number of nitrogens with one attached hydrogen (secondary N) is 1. The lowest BCUT2D eigenvalue weighted by molar-refractivity contribution is -0.141. The molecular formula is C15H18N2O3. The number of nitrogens with zero attached hydrogens (tertiary/aromatic N) is 1. The Hall–Kier alpha value is -1.88. The highest BCUT2D eigenvalue weighted by Gasteiger charge is 2.33. The maximum Gasteiger partial charge on any atom is 0.307 e. The number of benzene rings is 1. The second kappa shape index (κ2) is 4.90. The molecule has 2 unspecified atom stereocenters. The molecule has 2 aliphatic rings. The van der Waals surface area contributed by atoms with Crippen LogP contribution in [0.2, 0.25) is 0 Å². The van der Waals surface area contributed by atoms with E-state index in [0.717, 1.165) is 24.2 Å². The third kappa shape index (κ3) is 2.08. The van der Waals surface area contributed by atoms with E-state index in [9.17, 15) is 9.59 Å². The van der Waals surface area contributed by atoms with E-state index in [1.54, 1.807) is 11.8 Å². The van der Waals surface area contributed by atoms with E-state index in [-0.39, 0.29) is 17.9 Å². The molecule has 20 heavy (non-hydrogen) atoms. The minimum absolute atomic E-state index is 0.0590. The number of anilines is 1. The first-order valence-corrected chi connectivity index (χ1v) is 6.94. The summed E-state index contributed by atoms with van der Waals surface area (Å²) in [4.78, 5) is 24.5. The van der Waals surface area contributed by atoms with Crippen molar-refractivity contribution in [2.45, 2.75) is 25.8 Å². The smallest absolute Gasteiger partial charge is 0.307 e. The van der Waals surface area contributed by atoms with Crippen molar-refractivity contribution in [3.8, 4) is 0 Å². The number of aliphatic carboxylic acids is 1. The summed E-state index contributed by atoms with van der Waals surface area (Å²) in [7, 11) is 0. The molecule has 5 heteroatoms. The Morgan fingerprint density at radius 1 is 1.40 bits per heavy atom. The number of rotatable bonds is 2. The maximum atomic E-state index is 11.6. The molecule has 2 heterocycles. The second-order valence-electron chi connectivity index (χ2n) is 5.50. The Morgan fingerprint density at radius 2 is 2.20 bits per heavy atom. The molecule has 3 rings (SSSR count). The van der Waals surface area contributed by atoms with Gasteiger partial charge in [-0.05, 0) is 30.0 Å². The summed E-state index contributed by atoms with van der Waals surface area (Å²) in [5.74, 6) is -0.997. The van der Waals surface area contributed by atoms with E-state index in [4.69, 9.17) is 5.11 Å². The first kappa shape index (κ1) is 13.1. The summed E-state index contributed by atoms with van der Waals surface area (Å²) < 4.78 is 0. The number of carbonyl (C=O) groups excluding carboxylic acids is 1. The van der Waals surface area contributed by atoms with Crippen LogP contribution in [0.5, 0.6) is 0 Å². The minimum atomic E-state index is -0.738. The average molecular weight is 274 g/mol. The molecule has 1 fully saturated rings. The molecule has 5 nitrogen and oxygen atoms in total. The van der Waals surface area contributed by atoms with Gasteiger partial charge in [-0.1, -0.05) is 12.1 Å². The van der Waals surface area contributed by atoms with Gasteiger partial charge in [-0.15, -0.1) is 0 Å². The van der Waals surface area contributed by atoms with Crippen LogP contribution in [0.3, 0.4) is 0 Å². The van der Waals surface area contributed by atoms with Crippen molar-refractivity contribution in [3.05, 3.63) is 29.3 Å². The number of amides is 1. The molecule has 0 bridgehead atoms. The predicted molar refractivity (Wildman–Crippen MR) is 74.7 cm³/mol. The second-order valence-corrected chi connectivity index (χ2v) is 5.50. The third-order valence-electron chi connectivity index (χ3n) is 4.30. The molecule has 0 aliphatic carbocycles. The van der Waals surface area contributed by atoms with Crippen molar-refractivity contribution >= 4 is 17.6 Å². The van der Waals surface area contributed by atoms with E-state index >= 15 is 0 Å². The minimum Gasteiger partial charge on any atom is -0.481 e. The van der Waals surface area contributed by atoms with Crippen LogP contribution in [0.25, 0.3) is 0 Å². The summed E-state index contributed by atoms with van der Waals surface area (Å²) in [6.07, 6.45) is 1.47. The monoisotopic (exact) mass is 274 g/mol. The highest BCUT2D eigenvalue weighted by Crippen LogP contribution is 2.37. The van der Waals surface area contributed by atoms with Crippen molar-refractivity contribution in [2.75, 3.05) is 18.0 Å². The zero-order valence-corrected chi connectivity index (χ0v) is 11.4. The van der Waals surface area contributed by atoms with E-state index in [2.05, 4.69) is 5.32 Å². The van der Waals surface area contributed by atoms with Gasteiger partial charge in [-0.2, -0.15) is 0 Å². The van der Waals surface area contributed by atoms with Gasteiger partial charge in [0.2, 0.25) is 5.91 Å². The van der Waals surface area contributed by atoms with Crippen molar-refractivity contribution < 1.29 is 14.7 Å². The summed E-state index contributed by atoms with van der Waals surface area (Å²) in [5.41, 5.74) is 3.32. The van der Waals surface area contributed by atoms with Crippen LogP contribution in [0.4, 0.5) is 5.69 Å². The molecule has 1 aromatic rings. The normalized spacial score (nSPS) is 24.8. The van der Waals surface area contributed by atoms with E-state index in [0.29, 0.717) is 13.0 Å². The van der Waals surface area contributed by atoms with E-state index in [1.807, 2.05) is 18.2 Å². The quantitative estimate of drug-likeness (QED) is 0.853. The summed E-state index contributed by atoms with van der Waals surface area (Å²) >= 11 is 0. The fourth-order valence-corrected chi connectivity index (χ4v) is 3.28. The van der Waals surface area contributed by atoms with Crippen LogP contribution in [0.15, 0.2) is 18.2 Å². The van der Waals surface area contributed by atoms with Gasteiger partial charge >= 0.3 is 5.97 Å². The molecule has 106 valence electrons.